The van der Waals surface area contributed by atoms with Crippen LogP contribution in [-0.4, -0.2) is 43.3 Å². The van der Waals surface area contributed by atoms with Crippen molar-refractivity contribution in [2.24, 2.45) is 5.92 Å². The van der Waals surface area contributed by atoms with E-state index in [4.69, 9.17) is 9.47 Å². The second kappa shape index (κ2) is 18.5. The van der Waals surface area contributed by atoms with Gasteiger partial charge in [0.1, 0.15) is 0 Å². The average Bonchev–Trinajstić information content (AvgIpc) is 2.77. The third-order valence-electron chi connectivity index (χ3n) is 6.05. The molecule has 1 fully saturated rings. The van der Waals surface area contributed by atoms with Crippen LogP contribution in [0.4, 0.5) is 4.79 Å². The second-order valence-corrected chi connectivity index (χ2v) is 8.79. The van der Waals surface area contributed by atoms with Gasteiger partial charge in [0.25, 0.3) is 0 Å². The van der Waals surface area contributed by atoms with Crippen LogP contribution < -0.4 is 0 Å². The molecular formula is C25H47NO4. The number of likely N-dealkylation sites (tertiary alicyclic amines) is 1. The molecule has 1 aliphatic heterocycles. The van der Waals surface area contributed by atoms with Crippen molar-refractivity contribution in [3.05, 3.63) is 0 Å². The number of piperidine rings is 1. The van der Waals surface area contributed by atoms with Gasteiger partial charge in [0.2, 0.25) is 0 Å². The fourth-order valence-electron chi connectivity index (χ4n) is 3.93. The van der Waals surface area contributed by atoms with Crippen LogP contribution in [0.15, 0.2) is 0 Å². The zero-order valence-electron chi connectivity index (χ0n) is 19.8. The number of esters is 1. The summed E-state index contributed by atoms with van der Waals surface area (Å²) in [5.74, 6) is -0.154. The van der Waals surface area contributed by atoms with E-state index in [-0.39, 0.29) is 18.0 Å². The number of carbonyl (C=O) groups is 2. The molecule has 0 aromatic heterocycles. The lowest BCUT2D eigenvalue weighted by Gasteiger charge is -2.30. The van der Waals surface area contributed by atoms with E-state index in [1.54, 1.807) is 4.90 Å². The Morgan fingerprint density at radius 1 is 0.667 bits per heavy atom. The molecule has 0 aliphatic carbocycles. The largest absolute Gasteiger partial charge is 0.465 e. The Morgan fingerprint density at radius 2 is 1.13 bits per heavy atom. The Labute approximate surface area is 185 Å². The van der Waals surface area contributed by atoms with Crippen molar-refractivity contribution >= 4 is 12.1 Å². The molecular weight excluding hydrogens is 378 g/mol. The molecule has 0 N–H and O–H groups in total. The van der Waals surface area contributed by atoms with Gasteiger partial charge in [0.05, 0.1) is 19.1 Å². The SMILES string of the molecule is CCCCCCCCCCCCCCOC(=O)C1CCN(C(=O)OCCCC)CC1. The lowest BCUT2D eigenvalue weighted by molar-refractivity contribution is -0.150. The van der Waals surface area contributed by atoms with Gasteiger partial charge >= 0.3 is 12.1 Å². The molecule has 0 aromatic rings. The molecule has 0 radical (unpaired) electrons. The molecule has 176 valence electrons. The van der Waals surface area contributed by atoms with E-state index in [2.05, 4.69) is 13.8 Å². The minimum atomic E-state index is -0.244. The Kier molecular flexibility index (Phi) is 16.5. The maximum absolute atomic E-state index is 12.2. The zero-order valence-corrected chi connectivity index (χ0v) is 19.8. The number of rotatable bonds is 17. The molecule has 1 amide bonds. The first kappa shape index (κ1) is 26.8. The van der Waals surface area contributed by atoms with E-state index in [0.717, 1.165) is 25.7 Å². The van der Waals surface area contributed by atoms with Crippen LogP contribution in [0.3, 0.4) is 0 Å². The highest BCUT2D eigenvalue weighted by molar-refractivity contribution is 5.73. The second-order valence-electron chi connectivity index (χ2n) is 8.79. The molecule has 0 unspecified atom stereocenters. The molecule has 0 spiro atoms. The highest BCUT2D eigenvalue weighted by atomic mass is 16.6. The Morgan fingerprint density at radius 3 is 1.67 bits per heavy atom. The molecule has 5 nitrogen and oxygen atoms in total. The van der Waals surface area contributed by atoms with Crippen LogP contribution in [-0.2, 0) is 14.3 Å². The van der Waals surface area contributed by atoms with E-state index < -0.39 is 0 Å². The van der Waals surface area contributed by atoms with Gasteiger partial charge in [-0.3, -0.25) is 4.79 Å². The monoisotopic (exact) mass is 425 g/mol. The Balaban J connectivity index is 1.92. The standard InChI is InChI=1S/C25H47NO4/c1-3-5-7-8-9-10-11-12-13-14-15-16-22-29-24(27)23-17-19-26(20-18-23)25(28)30-21-6-4-2/h23H,3-22H2,1-2H3. The van der Waals surface area contributed by atoms with Crippen molar-refractivity contribution in [2.75, 3.05) is 26.3 Å². The zero-order chi connectivity index (χ0) is 21.9. The number of carbonyl (C=O) groups excluding carboxylic acids is 2. The molecule has 1 aliphatic rings. The summed E-state index contributed by atoms with van der Waals surface area (Å²) in [6, 6.07) is 0. The molecule has 30 heavy (non-hydrogen) atoms. The predicted molar refractivity (Wildman–Crippen MR) is 123 cm³/mol. The predicted octanol–water partition coefficient (Wildman–Crippen LogP) is 6.88. The Bertz CT molecular complexity index is 433. The number of ether oxygens (including phenoxy) is 2. The molecule has 5 heteroatoms. The van der Waals surface area contributed by atoms with E-state index in [1.807, 2.05) is 0 Å². The molecule has 0 saturated carbocycles. The fourth-order valence-corrected chi connectivity index (χ4v) is 3.93. The summed E-state index contributed by atoms with van der Waals surface area (Å²) in [5, 5.41) is 0. The van der Waals surface area contributed by atoms with Gasteiger partial charge in [-0.1, -0.05) is 90.9 Å². The number of hydrogen-bond acceptors (Lipinski definition) is 4. The van der Waals surface area contributed by atoms with Crippen LogP contribution in [0, 0.1) is 5.92 Å². The minimum Gasteiger partial charge on any atom is -0.465 e. The molecule has 0 aromatic carbocycles. The quantitative estimate of drug-likeness (QED) is 0.188. The van der Waals surface area contributed by atoms with Crippen LogP contribution in [0.25, 0.3) is 0 Å². The number of unbranched alkanes of at least 4 members (excludes halogenated alkanes) is 12. The third-order valence-corrected chi connectivity index (χ3v) is 6.05. The van der Waals surface area contributed by atoms with Crippen molar-refractivity contribution < 1.29 is 19.1 Å². The lowest BCUT2D eigenvalue weighted by atomic mass is 9.97. The normalized spacial score (nSPS) is 14.7. The maximum Gasteiger partial charge on any atom is 0.409 e. The number of amides is 1. The third kappa shape index (κ3) is 13.1. The summed E-state index contributed by atoms with van der Waals surface area (Å²) in [7, 11) is 0. The van der Waals surface area contributed by atoms with Crippen molar-refractivity contribution in [3.8, 4) is 0 Å². The minimum absolute atomic E-state index is 0.0676. The summed E-state index contributed by atoms with van der Waals surface area (Å²) >= 11 is 0. The number of hydrogen-bond donors (Lipinski definition) is 0. The van der Waals surface area contributed by atoms with Gasteiger partial charge in [0, 0.05) is 13.1 Å². The lowest BCUT2D eigenvalue weighted by Crippen LogP contribution is -2.41. The summed E-state index contributed by atoms with van der Waals surface area (Å²) in [4.78, 5) is 25.9. The molecule has 1 heterocycles. The van der Waals surface area contributed by atoms with Crippen molar-refractivity contribution in [2.45, 2.75) is 117 Å². The van der Waals surface area contributed by atoms with Crippen molar-refractivity contribution in [1.29, 1.82) is 0 Å². The summed E-state index contributed by atoms with van der Waals surface area (Å²) in [6.45, 7) is 6.53. The van der Waals surface area contributed by atoms with Gasteiger partial charge in [-0.2, -0.15) is 0 Å². The van der Waals surface area contributed by atoms with Gasteiger partial charge in [-0.15, -0.1) is 0 Å². The Hall–Kier alpha value is -1.26. The maximum atomic E-state index is 12.2. The topological polar surface area (TPSA) is 55.8 Å². The van der Waals surface area contributed by atoms with E-state index in [1.165, 1.54) is 64.2 Å². The average molecular weight is 426 g/mol. The molecule has 0 bridgehead atoms. The molecule has 1 rings (SSSR count). The van der Waals surface area contributed by atoms with Gasteiger partial charge in [-0.05, 0) is 25.7 Å². The van der Waals surface area contributed by atoms with Gasteiger partial charge in [-0.25, -0.2) is 4.79 Å². The van der Waals surface area contributed by atoms with E-state index in [0.29, 0.717) is 39.1 Å². The van der Waals surface area contributed by atoms with Gasteiger partial charge in [0.15, 0.2) is 0 Å². The smallest absolute Gasteiger partial charge is 0.409 e. The van der Waals surface area contributed by atoms with Crippen LogP contribution in [0.2, 0.25) is 0 Å². The number of nitrogens with zero attached hydrogens (tertiary/aromatic N) is 1. The van der Waals surface area contributed by atoms with Crippen molar-refractivity contribution in [1.82, 2.24) is 4.90 Å². The first-order chi connectivity index (χ1) is 14.7. The van der Waals surface area contributed by atoms with E-state index in [9.17, 15) is 9.59 Å². The van der Waals surface area contributed by atoms with Crippen molar-refractivity contribution in [3.63, 3.8) is 0 Å². The first-order valence-corrected chi connectivity index (χ1v) is 12.8. The summed E-state index contributed by atoms with van der Waals surface area (Å²) in [6.07, 6.45) is 18.7. The summed E-state index contributed by atoms with van der Waals surface area (Å²) < 4.78 is 10.7. The highest BCUT2D eigenvalue weighted by Crippen LogP contribution is 2.20. The fraction of sp³-hybridized carbons (Fsp3) is 0.920. The molecule has 1 saturated heterocycles. The van der Waals surface area contributed by atoms with Crippen LogP contribution >= 0.6 is 0 Å². The van der Waals surface area contributed by atoms with Crippen LogP contribution in [0.5, 0.6) is 0 Å². The molecule has 0 atom stereocenters. The van der Waals surface area contributed by atoms with Crippen LogP contribution in [0.1, 0.15) is 117 Å². The van der Waals surface area contributed by atoms with E-state index >= 15 is 0 Å². The highest BCUT2D eigenvalue weighted by Gasteiger charge is 2.28. The van der Waals surface area contributed by atoms with Gasteiger partial charge < -0.3 is 14.4 Å². The summed E-state index contributed by atoms with van der Waals surface area (Å²) in [5.41, 5.74) is 0. The first-order valence-electron chi connectivity index (χ1n) is 12.8.